The first-order valence-electron chi connectivity index (χ1n) is 11.1. The molecular weight excluding hydrogens is 442 g/mol. The maximum Gasteiger partial charge on any atom is 0.338 e. The number of allylic oxidation sites excluding steroid dienone is 1. The zero-order valence-corrected chi connectivity index (χ0v) is 20.2. The van der Waals surface area contributed by atoms with Crippen LogP contribution in [0.5, 0.6) is 11.5 Å². The third-order valence-electron chi connectivity index (χ3n) is 6.16. The van der Waals surface area contributed by atoms with Crippen molar-refractivity contribution in [3.63, 3.8) is 0 Å². The van der Waals surface area contributed by atoms with Crippen LogP contribution in [0, 0.1) is 0 Å². The minimum absolute atomic E-state index is 0.0888. The number of carbonyl (C=O) groups is 2. The van der Waals surface area contributed by atoms with Crippen LogP contribution in [0.1, 0.15) is 44.2 Å². The number of fused-ring (bicyclic) bond motifs is 1. The largest absolute Gasteiger partial charge is 0.497 e. The predicted molar refractivity (Wildman–Crippen MR) is 127 cm³/mol. The van der Waals surface area contributed by atoms with Gasteiger partial charge in [0.1, 0.15) is 11.5 Å². The summed E-state index contributed by atoms with van der Waals surface area (Å²) in [6.07, 6.45) is 2.89. The van der Waals surface area contributed by atoms with Crippen LogP contribution >= 0.6 is 11.8 Å². The van der Waals surface area contributed by atoms with E-state index in [1.54, 1.807) is 20.3 Å². The van der Waals surface area contributed by atoms with Crippen molar-refractivity contribution >= 4 is 28.8 Å². The highest BCUT2D eigenvalue weighted by Gasteiger charge is 2.43. The lowest BCUT2D eigenvalue weighted by atomic mass is 9.92. The number of rotatable bonds is 7. The molecule has 0 saturated carbocycles. The number of hydrogen-bond donors (Lipinski definition) is 0. The van der Waals surface area contributed by atoms with Gasteiger partial charge in [0.05, 0.1) is 45.1 Å². The molecule has 176 valence electrons. The van der Waals surface area contributed by atoms with E-state index in [4.69, 9.17) is 19.2 Å². The number of methoxy groups -OCH3 is 3. The first kappa shape index (κ1) is 23.2. The Hall–Kier alpha value is -2.94. The maximum atomic E-state index is 13.0. The molecule has 1 amide bonds. The second kappa shape index (κ2) is 9.91. The average Bonchev–Trinajstić information content (AvgIpc) is 3.52. The quantitative estimate of drug-likeness (QED) is 0.559. The Balaban J connectivity index is 1.80. The number of nitrogens with zero attached hydrogens (tertiary/aromatic N) is 3. The summed E-state index contributed by atoms with van der Waals surface area (Å²) >= 11 is 1.47. The number of esters is 1. The number of aliphatic imine (C=N–C) groups is 1. The number of likely N-dealkylation sites (tertiary alicyclic amines) is 1. The molecule has 33 heavy (non-hydrogen) atoms. The average molecular weight is 472 g/mol. The van der Waals surface area contributed by atoms with Gasteiger partial charge in [-0.3, -0.25) is 4.79 Å². The van der Waals surface area contributed by atoms with E-state index >= 15 is 0 Å². The third-order valence-corrected chi connectivity index (χ3v) is 7.04. The number of hydrogen-bond acceptors (Lipinski definition) is 8. The molecule has 3 heterocycles. The van der Waals surface area contributed by atoms with Gasteiger partial charge in [-0.1, -0.05) is 18.7 Å². The Morgan fingerprint density at radius 1 is 1.15 bits per heavy atom. The van der Waals surface area contributed by atoms with Gasteiger partial charge in [0.25, 0.3) is 0 Å². The number of amidine groups is 1. The van der Waals surface area contributed by atoms with Crippen LogP contribution < -0.4 is 9.47 Å². The number of benzene rings is 1. The van der Waals surface area contributed by atoms with Crippen LogP contribution in [0.25, 0.3) is 0 Å². The molecule has 3 aliphatic heterocycles. The van der Waals surface area contributed by atoms with E-state index in [1.807, 2.05) is 34.3 Å². The van der Waals surface area contributed by atoms with Gasteiger partial charge in [-0.05, 0) is 36.8 Å². The Labute approximate surface area is 198 Å². The van der Waals surface area contributed by atoms with E-state index in [0.717, 1.165) is 42.4 Å². The molecular formula is C24H29N3O5S. The number of carbonyl (C=O) groups excluding carboxylic acids is 2. The smallest absolute Gasteiger partial charge is 0.338 e. The van der Waals surface area contributed by atoms with E-state index in [1.165, 1.54) is 18.9 Å². The molecule has 8 nitrogen and oxygen atoms in total. The summed E-state index contributed by atoms with van der Waals surface area (Å²) in [5.74, 6) is 0.875. The highest BCUT2D eigenvalue weighted by Crippen LogP contribution is 2.48. The lowest BCUT2D eigenvalue weighted by Crippen LogP contribution is -2.38. The lowest BCUT2D eigenvalue weighted by Gasteiger charge is -2.37. The highest BCUT2D eigenvalue weighted by molar-refractivity contribution is 8.16. The second-order valence-electron chi connectivity index (χ2n) is 7.97. The SMILES string of the molecule is CCC1=C(C(=O)OC)C(c2ccc(OC)cc2OC)N2C(CC(=O)N3CCCC3)=CSC2=N1. The molecule has 0 bridgehead atoms. The minimum atomic E-state index is -0.534. The fourth-order valence-electron chi connectivity index (χ4n) is 4.48. The lowest BCUT2D eigenvalue weighted by molar-refractivity contribution is -0.136. The molecule has 1 aromatic carbocycles. The predicted octanol–water partition coefficient (Wildman–Crippen LogP) is 3.85. The molecule has 1 aromatic rings. The van der Waals surface area contributed by atoms with Crippen LogP contribution in [-0.2, 0) is 14.3 Å². The molecule has 1 fully saturated rings. The normalized spacial score (nSPS) is 19.8. The zero-order valence-electron chi connectivity index (χ0n) is 19.4. The van der Waals surface area contributed by atoms with Gasteiger partial charge in [0, 0.05) is 30.4 Å². The van der Waals surface area contributed by atoms with Crippen LogP contribution in [0.3, 0.4) is 0 Å². The molecule has 0 aromatic heterocycles. The van der Waals surface area contributed by atoms with Gasteiger partial charge in [-0.15, -0.1) is 0 Å². The highest BCUT2D eigenvalue weighted by atomic mass is 32.2. The van der Waals surface area contributed by atoms with Gasteiger partial charge < -0.3 is 24.0 Å². The van der Waals surface area contributed by atoms with Gasteiger partial charge in [0.15, 0.2) is 5.17 Å². The number of thioether (sulfide) groups is 1. The fraction of sp³-hybridized carbons (Fsp3) is 0.458. The minimum Gasteiger partial charge on any atom is -0.497 e. The summed E-state index contributed by atoms with van der Waals surface area (Å²) in [5.41, 5.74) is 2.72. The van der Waals surface area contributed by atoms with Crippen molar-refractivity contribution in [1.82, 2.24) is 9.80 Å². The Bertz CT molecular complexity index is 1040. The van der Waals surface area contributed by atoms with Crippen LogP contribution in [0.4, 0.5) is 0 Å². The fourth-order valence-corrected chi connectivity index (χ4v) is 5.42. The molecule has 1 atom stereocenters. The molecule has 0 spiro atoms. The standard InChI is InChI=1S/C24H29N3O5S/c1-5-18-21(23(29)32-4)22(17-9-8-16(30-2)13-19(17)31-3)27-15(14-33-24(27)25-18)12-20(28)26-10-6-7-11-26/h8-9,13-14,22H,5-7,10-12H2,1-4H3. The van der Waals surface area contributed by atoms with Crippen molar-refractivity contribution in [3.05, 3.63) is 46.1 Å². The van der Waals surface area contributed by atoms with Crippen molar-refractivity contribution in [2.45, 2.75) is 38.6 Å². The van der Waals surface area contributed by atoms with Crippen molar-refractivity contribution < 1.29 is 23.8 Å². The second-order valence-corrected chi connectivity index (χ2v) is 8.81. The summed E-state index contributed by atoms with van der Waals surface area (Å²) in [4.78, 5) is 34.7. The Morgan fingerprint density at radius 2 is 1.91 bits per heavy atom. The summed E-state index contributed by atoms with van der Waals surface area (Å²) in [6, 6.07) is 4.99. The maximum absolute atomic E-state index is 13.0. The molecule has 0 N–H and O–H groups in total. The first-order valence-corrected chi connectivity index (χ1v) is 11.9. The summed E-state index contributed by atoms with van der Waals surface area (Å²) in [5, 5.41) is 2.70. The van der Waals surface area contributed by atoms with E-state index in [-0.39, 0.29) is 12.3 Å². The summed E-state index contributed by atoms with van der Waals surface area (Å²) < 4.78 is 16.2. The van der Waals surface area contributed by atoms with E-state index in [0.29, 0.717) is 29.2 Å². The summed E-state index contributed by atoms with van der Waals surface area (Å²) in [6.45, 7) is 3.55. The number of amides is 1. The van der Waals surface area contributed by atoms with E-state index in [2.05, 4.69) is 0 Å². The molecule has 4 rings (SSSR count). The Morgan fingerprint density at radius 3 is 2.55 bits per heavy atom. The monoisotopic (exact) mass is 471 g/mol. The van der Waals surface area contributed by atoms with Crippen molar-refractivity contribution in [2.75, 3.05) is 34.4 Å². The molecule has 3 aliphatic rings. The molecule has 0 radical (unpaired) electrons. The van der Waals surface area contributed by atoms with Gasteiger partial charge in [-0.2, -0.15) is 0 Å². The van der Waals surface area contributed by atoms with Gasteiger partial charge in [-0.25, -0.2) is 9.79 Å². The Kier molecular flexibility index (Phi) is 6.97. The molecule has 1 saturated heterocycles. The van der Waals surface area contributed by atoms with Crippen LogP contribution in [0.15, 0.2) is 45.6 Å². The van der Waals surface area contributed by atoms with E-state index < -0.39 is 12.0 Å². The zero-order chi connectivity index (χ0) is 23.5. The third kappa shape index (κ3) is 4.34. The first-order chi connectivity index (χ1) is 16.0. The number of ether oxygens (including phenoxy) is 3. The van der Waals surface area contributed by atoms with E-state index in [9.17, 15) is 9.59 Å². The van der Waals surface area contributed by atoms with Crippen molar-refractivity contribution in [3.8, 4) is 11.5 Å². The van der Waals surface area contributed by atoms with Crippen LogP contribution in [-0.4, -0.2) is 61.3 Å². The molecule has 9 heteroatoms. The van der Waals surface area contributed by atoms with Gasteiger partial charge >= 0.3 is 5.97 Å². The molecule has 1 unspecified atom stereocenters. The topological polar surface area (TPSA) is 80.7 Å². The van der Waals surface area contributed by atoms with Crippen molar-refractivity contribution in [1.29, 1.82) is 0 Å². The van der Waals surface area contributed by atoms with Crippen LogP contribution in [0.2, 0.25) is 0 Å². The summed E-state index contributed by atoms with van der Waals surface area (Å²) in [7, 11) is 4.55. The van der Waals surface area contributed by atoms with Crippen molar-refractivity contribution in [2.24, 2.45) is 4.99 Å². The molecule has 0 aliphatic carbocycles. The van der Waals surface area contributed by atoms with Gasteiger partial charge in [0.2, 0.25) is 5.91 Å².